The second-order valence-electron chi connectivity index (χ2n) is 7.16. The van der Waals surface area contributed by atoms with Gasteiger partial charge in [0.05, 0.1) is 24.8 Å². The van der Waals surface area contributed by atoms with Crippen molar-refractivity contribution in [1.29, 1.82) is 0 Å². The van der Waals surface area contributed by atoms with Crippen LogP contribution in [0.15, 0.2) is 53.7 Å². The predicted molar refractivity (Wildman–Crippen MR) is 103 cm³/mol. The van der Waals surface area contributed by atoms with Crippen LogP contribution < -0.4 is 5.32 Å². The molecule has 2 aromatic rings. The van der Waals surface area contributed by atoms with Gasteiger partial charge in [-0.05, 0) is 36.2 Å². The van der Waals surface area contributed by atoms with E-state index < -0.39 is 15.9 Å². The Bertz CT molecular complexity index is 1030. The van der Waals surface area contributed by atoms with E-state index in [0.29, 0.717) is 13.2 Å². The molecule has 2 aliphatic heterocycles. The van der Waals surface area contributed by atoms with Crippen LogP contribution in [0.3, 0.4) is 0 Å². The molecule has 1 fully saturated rings. The highest BCUT2D eigenvalue weighted by Gasteiger charge is 2.41. The van der Waals surface area contributed by atoms with E-state index in [2.05, 4.69) is 10.3 Å². The van der Waals surface area contributed by atoms with Gasteiger partial charge in [-0.3, -0.25) is 14.6 Å². The number of hydrogen-bond donors (Lipinski definition) is 1. The number of fused-ring (bicyclic) bond motifs is 1. The zero-order valence-electron chi connectivity index (χ0n) is 15.7. The Morgan fingerprint density at radius 2 is 1.93 bits per heavy atom. The minimum Gasteiger partial charge on any atom is -0.379 e. The van der Waals surface area contributed by atoms with E-state index in [4.69, 9.17) is 4.74 Å². The summed E-state index contributed by atoms with van der Waals surface area (Å²) < 4.78 is 31.4. The maximum atomic E-state index is 12.6. The lowest BCUT2D eigenvalue weighted by Crippen LogP contribution is -2.42. The van der Waals surface area contributed by atoms with E-state index >= 15 is 0 Å². The highest BCUT2D eigenvalue weighted by Crippen LogP contribution is 2.29. The van der Waals surface area contributed by atoms with Gasteiger partial charge in [0.25, 0.3) is 15.9 Å². The summed E-state index contributed by atoms with van der Waals surface area (Å²) in [6, 6.07) is 9.78. The maximum Gasteiger partial charge on any atom is 0.269 e. The lowest BCUT2D eigenvalue weighted by atomic mass is 9.95. The van der Waals surface area contributed by atoms with Gasteiger partial charge < -0.3 is 10.1 Å². The molecular weight excluding hydrogens is 394 g/mol. The molecule has 8 nitrogen and oxygen atoms in total. The zero-order chi connectivity index (χ0) is 20.4. The lowest BCUT2D eigenvalue weighted by molar-refractivity contribution is -0.122. The number of amides is 2. The molecule has 1 saturated heterocycles. The molecule has 0 bridgehead atoms. The number of carbonyl (C=O) groups is 2. The van der Waals surface area contributed by atoms with Gasteiger partial charge in [-0.15, -0.1) is 0 Å². The Hall–Kier alpha value is -2.78. The summed E-state index contributed by atoms with van der Waals surface area (Å²) in [5.74, 6) is -0.768. The quantitative estimate of drug-likeness (QED) is 0.754. The first-order valence-corrected chi connectivity index (χ1v) is 10.8. The smallest absolute Gasteiger partial charge is 0.269 e. The largest absolute Gasteiger partial charge is 0.379 e. The van der Waals surface area contributed by atoms with Gasteiger partial charge in [-0.25, -0.2) is 12.7 Å². The van der Waals surface area contributed by atoms with Crippen LogP contribution in [0.4, 0.5) is 0 Å². The number of rotatable bonds is 6. The third-order valence-electron chi connectivity index (χ3n) is 5.25. The Morgan fingerprint density at radius 3 is 2.69 bits per heavy atom. The maximum absolute atomic E-state index is 12.6. The standard InChI is InChI=1S/C20H21N3O5S/c24-19(22-17-13-28-12-15(17)11-14-5-8-21-9-6-14)7-10-23-20(25)16-3-1-2-4-18(16)29(23,26)27/h1-6,8-9,15,17H,7,10-13H2,(H,22,24)/t15-,17-/m1/s1. The highest BCUT2D eigenvalue weighted by atomic mass is 32.2. The normalized spacial score (nSPS) is 22.5. The van der Waals surface area contributed by atoms with Crippen molar-refractivity contribution >= 4 is 21.8 Å². The summed E-state index contributed by atoms with van der Waals surface area (Å²) in [6.45, 7) is 0.764. The lowest BCUT2D eigenvalue weighted by Gasteiger charge is -2.20. The molecule has 0 unspecified atom stereocenters. The van der Waals surface area contributed by atoms with Crippen molar-refractivity contribution in [3.8, 4) is 0 Å². The summed E-state index contributed by atoms with van der Waals surface area (Å²) >= 11 is 0. The minimum absolute atomic E-state index is 0.00739. The molecular formula is C20H21N3O5S. The topological polar surface area (TPSA) is 106 Å². The van der Waals surface area contributed by atoms with Crippen LogP contribution >= 0.6 is 0 Å². The molecule has 0 radical (unpaired) electrons. The Balaban J connectivity index is 1.35. The number of hydrogen-bond acceptors (Lipinski definition) is 6. The first kappa shape index (κ1) is 19.5. The van der Waals surface area contributed by atoms with Crippen LogP contribution in [0, 0.1) is 5.92 Å². The van der Waals surface area contributed by atoms with Crippen molar-refractivity contribution in [2.24, 2.45) is 5.92 Å². The first-order chi connectivity index (χ1) is 14.0. The van der Waals surface area contributed by atoms with E-state index in [0.717, 1.165) is 16.3 Å². The van der Waals surface area contributed by atoms with Crippen molar-refractivity contribution in [2.45, 2.75) is 23.8 Å². The van der Waals surface area contributed by atoms with Gasteiger partial charge in [0.15, 0.2) is 0 Å². The predicted octanol–water partition coefficient (Wildman–Crippen LogP) is 0.990. The van der Waals surface area contributed by atoms with Crippen molar-refractivity contribution in [3.05, 3.63) is 59.9 Å². The van der Waals surface area contributed by atoms with E-state index in [9.17, 15) is 18.0 Å². The van der Waals surface area contributed by atoms with E-state index in [1.807, 2.05) is 12.1 Å². The number of nitrogens with one attached hydrogen (secondary N) is 1. The molecule has 0 spiro atoms. The van der Waals surface area contributed by atoms with Gasteiger partial charge in [-0.1, -0.05) is 12.1 Å². The molecule has 0 saturated carbocycles. The fourth-order valence-electron chi connectivity index (χ4n) is 3.72. The summed E-state index contributed by atoms with van der Waals surface area (Å²) in [5, 5.41) is 2.92. The number of carbonyl (C=O) groups excluding carboxylic acids is 2. The van der Waals surface area contributed by atoms with E-state index in [1.165, 1.54) is 12.1 Å². The van der Waals surface area contributed by atoms with Crippen molar-refractivity contribution in [2.75, 3.05) is 19.8 Å². The Morgan fingerprint density at radius 1 is 1.17 bits per heavy atom. The van der Waals surface area contributed by atoms with Crippen LogP contribution in [0.2, 0.25) is 0 Å². The number of ether oxygens (including phenoxy) is 1. The number of sulfonamides is 1. The van der Waals surface area contributed by atoms with E-state index in [1.54, 1.807) is 24.5 Å². The fourth-order valence-corrected chi connectivity index (χ4v) is 5.28. The van der Waals surface area contributed by atoms with Crippen LogP contribution in [0.5, 0.6) is 0 Å². The van der Waals surface area contributed by atoms with Gasteiger partial charge in [0.1, 0.15) is 4.90 Å². The molecule has 9 heteroatoms. The second kappa shape index (κ2) is 7.92. The third-order valence-corrected chi connectivity index (χ3v) is 7.09. The van der Waals surface area contributed by atoms with Crippen molar-refractivity contribution < 1.29 is 22.7 Å². The average Bonchev–Trinajstić information content (AvgIpc) is 3.22. The highest BCUT2D eigenvalue weighted by molar-refractivity contribution is 7.90. The molecule has 2 aliphatic rings. The molecule has 29 heavy (non-hydrogen) atoms. The number of nitrogens with zero attached hydrogens (tertiary/aromatic N) is 2. The zero-order valence-corrected chi connectivity index (χ0v) is 16.5. The molecule has 152 valence electrons. The number of pyridine rings is 1. The third kappa shape index (κ3) is 3.88. The average molecular weight is 415 g/mol. The Kier molecular flexibility index (Phi) is 5.33. The molecule has 1 aromatic heterocycles. The SMILES string of the molecule is O=C(CCN1C(=O)c2ccccc2S1(=O)=O)N[C@@H]1COC[C@H]1Cc1ccncc1. The molecule has 0 aliphatic carbocycles. The minimum atomic E-state index is -3.90. The van der Waals surface area contributed by atoms with Crippen molar-refractivity contribution in [3.63, 3.8) is 0 Å². The van der Waals surface area contributed by atoms with Crippen LogP contribution in [0.25, 0.3) is 0 Å². The van der Waals surface area contributed by atoms with Gasteiger partial charge >= 0.3 is 0 Å². The second-order valence-corrected chi connectivity index (χ2v) is 8.99. The number of aromatic nitrogens is 1. The summed E-state index contributed by atoms with van der Waals surface area (Å²) in [4.78, 5) is 28.8. The summed E-state index contributed by atoms with van der Waals surface area (Å²) in [7, 11) is -3.90. The van der Waals surface area contributed by atoms with Crippen LogP contribution in [-0.4, -0.2) is 55.3 Å². The first-order valence-electron chi connectivity index (χ1n) is 9.39. The molecule has 2 atom stereocenters. The molecule has 3 heterocycles. The molecule has 1 N–H and O–H groups in total. The number of benzene rings is 1. The summed E-state index contributed by atoms with van der Waals surface area (Å²) in [5.41, 5.74) is 1.26. The van der Waals surface area contributed by atoms with E-state index in [-0.39, 0.29) is 41.3 Å². The van der Waals surface area contributed by atoms with Gasteiger partial charge in [-0.2, -0.15) is 0 Å². The van der Waals surface area contributed by atoms with Crippen LogP contribution in [0.1, 0.15) is 22.3 Å². The van der Waals surface area contributed by atoms with Crippen molar-refractivity contribution in [1.82, 2.24) is 14.6 Å². The van der Waals surface area contributed by atoms with Gasteiger partial charge in [0, 0.05) is 31.3 Å². The fraction of sp³-hybridized carbons (Fsp3) is 0.350. The molecule has 4 rings (SSSR count). The van der Waals surface area contributed by atoms with Gasteiger partial charge in [0.2, 0.25) is 5.91 Å². The summed E-state index contributed by atoms with van der Waals surface area (Å²) in [6.07, 6.45) is 4.10. The Labute approximate surface area is 168 Å². The molecule has 1 aromatic carbocycles. The molecule has 2 amide bonds. The monoisotopic (exact) mass is 415 g/mol. The van der Waals surface area contributed by atoms with Crippen LogP contribution in [-0.2, 0) is 26.0 Å².